The van der Waals surface area contributed by atoms with Gasteiger partial charge in [0.2, 0.25) is 0 Å². The SMILES string of the molecule is C/C(C#N)=C\c1ccc2c3c(-c4ccccc4)c4c(cc5c6ccccc6c6cccc4c65)c(-c4ccccc4)c3c3cccc1c32. The van der Waals surface area contributed by atoms with E-state index >= 15 is 0 Å². The van der Waals surface area contributed by atoms with Gasteiger partial charge in [-0.15, -0.1) is 0 Å². The van der Waals surface area contributed by atoms with Crippen LogP contribution in [0.3, 0.4) is 0 Å². The minimum Gasteiger partial charge on any atom is -0.193 e. The minimum atomic E-state index is 0.700. The van der Waals surface area contributed by atoms with Crippen molar-refractivity contribution in [3.05, 3.63) is 151 Å². The van der Waals surface area contributed by atoms with Gasteiger partial charge in [0.1, 0.15) is 0 Å². The zero-order valence-electron chi connectivity index (χ0n) is 25.8. The van der Waals surface area contributed by atoms with E-state index in [4.69, 9.17) is 0 Å². The summed E-state index contributed by atoms with van der Waals surface area (Å²) in [4.78, 5) is 0. The Labute approximate surface area is 271 Å². The second-order valence-corrected chi connectivity index (χ2v) is 12.7. The molecular formula is C46H27N. The molecule has 0 amide bonds. The lowest BCUT2D eigenvalue weighted by Gasteiger charge is -2.19. The molecule has 0 aromatic heterocycles. The van der Waals surface area contributed by atoms with Gasteiger partial charge in [-0.05, 0) is 122 Å². The molecular weight excluding hydrogens is 567 g/mol. The monoisotopic (exact) mass is 593 g/mol. The van der Waals surface area contributed by atoms with E-state index in [9.17, 15) is 5.26 Å². The van der Waals surface area contributed by atoms with E-state index in [0.29, 0.717) is 5.57 Å². The first-order valence-corrected chi connectivity index (χ1v) is 16.2. The normalized spacial score (nSPS) is 12.5. The van der Waals surface area contributed by atoms with Crippen molar-refractivity contribution in [2.24, 2.45) is 0 Å². The first kappa shape index (κ1) is 26.0. The first-order valence-electron chi connectivity index (χ1n) is 16.2. The van der Waals surface area contributed by atoms with Crippen molar-refractivity contribution in [3.63, 3.8) is 0 Å². The van der Waals surface area contributed by atoms with Crippen molar-refractivity contribution in [1.82, 2.24) is 0 Å². The van der Waals surface area contributed by atoms with Gasteiger partial charge in [0.25, 0.3) is 0 Å². The Morgan fingerprint density at radius 2 is 0.936 bits per heavy atom. The van der Waals surface area contributed by atoms with Gasteiger partial charge >= 0.3 is 0 Å². The zero-order valence-corrected chi connectivity index (χ0v) is 25.8. The molecule has 0 bridgehead atoms. The maximum atomic E-state index is 9.64. The van der Waals surface area contributed by atoms with Crippen LogP contribution < -0.4 is 0 Å². The Morgan fingerprint density at radius 3 is 1.64 bits per heavy atom. The number of rotatable bonds is 3. The number of hydrogen-bond donors (Lipinski definition) is 0. The van der Waals surface area contributed by atoms with Crippen LogP contribution in [0.25, 0.3) is 104 Å². The fraction of sp³-hybridized carbons (Fsp3) is 0.0217. The third-order valence-corrected chi connectivity index (χ3v) is 10.2. The average molecular weight is 594 g/mol. The second-order valence-electron chi connectivity index (χ2n) is 12.7. The minimum absolute atomic E-state index is 0.700. The molecule has 0 atom stereocenters. The summed E-state index contributed by atoms with van der Waals surface area (Å²) in [5.41, 5.74) is 6.77. The number of benzene rings is 8. The summed E-state index contributed by atoms with van der Waals surface area (Å²) in [6, 6.07) is 53.6. The van der Waals surface area contributed by atoms with Gasteiger partial charge in [0.05, 0.1) is 6.07 Å². The largest absolute Gasteiger partial charge is 0.193 e. The fourth-order valence-electron chi connectivity index (χ4n) is 8.42. The van der Waals surface area contributed by atoms with Gasteiger partial charge in [-0.2, -0.15) is 5.26 Å². The number of nitrogens with zero attached hydrogens (tertiary/aromatic N) is 1. The molecule has 10 aromatic rings. The Bertz CT molecular complexity index is 2940. The molecule has 0 fully saturated rings. The highest BCUT2D eigenvalue weighted by molar-refractivity contribution is 6.45. The van der Waals surface area contributed by atoms with E-state index in [0.717, 1.165) is 5.56 Å². The molecule has 0 spiro atoms. The lowest BCUT2D eigenvalue weighted by Crippen LogP contribution is -1.91. The van der Waals surface area contributed by atoms with E-state index in [-0.39, 0.29) is 0 Å². The molecule has 10 aromatic carbocycles. The molecule has 0 heterocycles. The fourth-order valence-corrected chi connectivity index (χ4v) is 8.42. The van der Waals surface area contributed by atoms with Crippen LogP contribution in [0.1, 0.15) is 12.5 Å². The zero-order chi connectivity index (χ0) is 31.2. The predicted molar refractivity (Wildman–Crippen MR) is 201 cm³/mol. The van der Waals surface area contributed by atoms with Crippen LogP contribution in [0, 0.1) is 11.3 Å². The van der Waals surface area contributed by atoms with E-state index in [2.05, 4.69) is 146 Å². The predicted octanol–water partition coefficient (Wildman–Crippen LogP) is 12.9. The van der Waals surface area contributed by atoms with Crippen molar-refractivity contribution < 1.29 is 0 Å². The van der Waals surface area contributed by atoms with Gasteiger partial charge in [-0.25, -0.2) is 0 Å². The van der Waals surface area contributed by atoms with E-state index < -0.39 is 0 Å². The summed E-state index contributed by atoms with van der Waals surface area (Å²) in [6.45, 7) is 1.88. The summed E-state index contributed by atoms with van der Waals surface area (Å²) >= 11 is 0. The van der Waals surface area contributed by atoms with E-state index in [1.807, 2.05) is 13.0 Å². The maximum Gasteiger partial charge on any atom is 0.0944 e. The van der Waals surface area contributed by atoms with Crippen molar-refractivity contribution >= 4 is 81.5 Å². The van der Waals surface area contributed by atoms with Crippen LogP contribution in [-0.4, -0.2) is 0 Å². The Morgan fingerprint density at radius 1 is 0.426 bits per heavy atom. The quantitative estimate of drug-likeness (QED) is 0.148. The highest BCUT2D eigenvalue weighted by atomic mass is 14.3. The first-order chi connectivity index (χ1) is 23.2. The number of nitriles is 1. The second kappa shape index (κ2) is 9.63. The molecule has 0 aliphatic carbocycles. The van der Waals surface area contributed by atoms with Crippen LogP contribution in [-0.2, 0) is 0 Å². The molecule has 216 valence electrons. The van der Waals surface area contributed by atoms with Gasteiger partial charge in [0, 0.05) is 5.57 Å². The van der Waals surface area contributed by atoms with Gasteiger partial charge in [-0.1, -0.05) is 133 Å². The molecule has 1 nitrogen and oxygen atoms in total. The smallest absolute Gasteiger partial charge is 0.0944 e. The third kappa shape index (κ3) is 3.48. The van der Waals surface area contributed by atoms with E-state index in [1.54, 1.807) is 0 Å². The third-order valence-electron chi connectivity index (χ3n) is 10.2. The van der Waals surface area contributed by atoms with Gasteiger partial charge < -0.3 is 0 Å². The Hall–Kier alpha value is -6.23. The summed E-state index contributed by atoms with van der Waals surface area (Å²) in [5.74, 6) is 0. The standard InChI is InChI=1S/C46H27N/c1-27(26-47)24-30-22-23-37-42-31(30)18-10-21-36(42)45-40(28-12-4-2-5-13-28)39-25-38-33-17-9-8-16-32(33)34-19-11-20-35(43(34)38)44(39)41(46(37)45)29-14-6-3-7-15-29/h2-25H,1H3/b27-24+. The molecule has 0 saturated carbocycles. The lowest BCUT2D eigenvalue weighted by molar-refractivity contribution is 1.46. The number of fused-ring (bicyclic) bond motifs is 8. The van der Waals surface area contributed by atoms with Crippen LogP contribution >= 0.6 is 0 Å². The van der Waals surface area contributed by atoms with Crippen molar-refractivity contribution in [3.8, 4) is 28.3 Å². The maximum absolute atomic E-state index is 9.64. The Balaban J connectivity index is 1.56. The van der Waals surface area contributed by atoms with Crippen LogP contribution in [0.4, 0.5) is 0 Å². The topological polar surface area (TPSA) is 23.8 Å². The lowest BCUT2D eigenvalue weighted by atomic mass is 9.84. The number of hydrogen-bond acceptors (Lipinski definition) is 1. The highest BCUT2D eigenvalue weighted by Gasteiger charge is 2.26. The number of allylic oxidation sites excluding steroid dienone is 1. The molecule has 0 unspecified atom stereocenters. The summed E-state index contributed by atoms with van der Waals surface area (Å²) in [7, 11) is 0. The molecule has 47 heavy (non-hydrogen) atoms. The van der Waals surface area contributed by atoms with Crippen LogP contribution in [0.15, 0.2) is 145 Å². The van der Waals surface area contributed by atoms with Gasteiger partial charge in [0.15, 0.2) is 0 Å². The Kier molecular flexibility index (Phi) is 5.34. The molecule has 0 aliphatic heterocycles. The summed E-state index contributed by atoms with van der Waals surface area (Å²) in [6.07, 6.45) is 2.02. The van der Waals surface area contributed by atoms with Crippen molar-refractivity contribution in [2.75, 3.05) is 0 Å². The van der Waals surface area contributed by atoms with Crippen molar-refractivity contribution in [2.45, 2.75) is 6.92 Å². The van der Waals surface area contributed by atoms with E-state index in [1.165, 1.54) is 97.7 Å². The van der Waals surface area contributed by atoms with Crippen molar-refractivity contribution in [1.29, 1.82) is 5.26 Å². The molecule has 0 radical (unpaired) electrons. The molecule has 0 N–H and O–H groups in total. The van der Waals surface area contributed by atoms with Crippen LogP contribution in [0.2, 0.25) is 0 Å². The molecule has 10 rings (SSSR count). The molecule has 0 aliphatic rings. The molecule has 0 saturated heterocycles. The van der Waals surface area contributed by atoms with Gasteiger partial charge in [-0.3, -0.25) is 0 Å². The summed E-state index contributed by atoms with van der Waals surface area (Å²) in [5, 5.41) is 27.6. The van der Waals surface area contributed by atoms with Crippen LogP contribution in [0.5, 0.6) is 0 Å². The highest BCUT2D eigenvalue weighted by Crippen LogP contribution is 2.54. The molecule has 1 heteroatoms. The average Bonchev–Trinajstić information content (AvgIpc) is 3.63. The summed E-state index contributed by atoms with van der Waals surface area (Å²) < 4.78 is 0.